The van der Waals surface area contributed by atoms with Gasteiger partial charge in [0.15, 0.2) is 0 Å². The Balaban J connectivity index is 1.82. The number of hydrogen-bond acceptors (Lipinski definition) is 5. The van der Waals surface area contributed by atoms with Crippen molar-refractivity contribution in [2.24, 2.45) is 0 Å². The number of benzene rings is 1. The maximum absolute atomic E-state index is 12.3. The molecule has 0 N–H and O–H groups in total. The maximum Gasteiger partial charge on any atom is 0.340 e. The Morgan fingerprint density at radius 1 is 1.28 bits per heavy atom. The van der Waals surface area contributed by atoms with Crippen LogP contribution in [0.25, 0.3) is 5.65 Å². The van der Waals surface area contributed by atoms with Crippen LogP contribution in [0.1, 0.15) is 21.6 Å². The van der Waals surface area contributed by atoms with Gasteiger partial charge in [0.05, 0.1) is 16.3 Å². The second kappa shape index (κ2) is 7.29. The number of aryl methyl sites for hydroxylation is 1. The van der Waals surface area contributed by atoms with Gasteiger partial charge in [-0.1, -0.05) is 17.7 Å². The number of aromatic nitrogens is 2. The summed E-state index contributed by atoms with van der Waals surface area (Å²) in [6.07, 6.45) is 3.63. The molecule has 0 aliphatic carbocycles. The Morgan fingerprint density at radius 3 is 2.84 bits per heavy atom. The van der Waals surface area contributed by atoms with Crippen LogP contribution in [0, 0.1) is 6.92 Å². The van der Waals surface area contributed by atoms with Crippen molar-refractivity contribution in [1.29, 1.82) is 0 Å². The first-order chi connectivity index (χ1) is 12.0. The summed E-state index contributed by atoms with van der Waals surface area (Å²) in [7, 11) is 0. The number of rotatable bonds is 4. The van der Waals surface area contributed by atoms with E-state index in [1.54, 1.807) is 24.4 Å². The highest BCUT2D eigenvalue weighted by atomic mass is 35.5. The molecule has 25 heavy (non-hydrogen) atoms. The summed E-state index contributed by atoms with van der Waals surface area (Å²) in [5.41, 5.74) is 1.92. The predicted octanol–water partition coefficient (Wildman–Crippen LogP) is 3.74. The molecule has 0 atom stereocenters. The summed E-state index contributed by atoms with van der Waals surface area (Å²) < 4.78 is 6.74. The van der Waals surface area contributed by atoms with Gasteiger partial charge in [0, 0.05) is 17.2 Å². The van der Waals surface area contributed by atoms with E-state index in [4.69, 9.17) is 16.3 Å². The molecular formula is C18H15ClN2O3S. The molecule has 128 valence electrons. The lowest BCUT2D eigenvalue weighted by Crippen LogP contribution is -2.17. The fourth-order valence-corrected chi connectivity index (χ4v) is 2.97. The number of thioether (sulfide) groups is 1. The van der Waals surface area contributed by atoms with Gasteiger partial charge in [0.1, 0.15) is 12.3 Å². The highest BCUT2D eigenvalue weighted by Crippen LogP contribution is 2.23. The largest absolute Gasteiger partial charge is 0.456 e. The summed E-state index contributed by atoms with van der Waals surface area (Å²) in [6, 6.07) is 10.1. The van der Waals surface area contributed by atoms with Crippen LogP contribution in [0.2, 0.25) is 5.02 Å². The fraction of sp³-hybridized carbons (Fsp3) is 0.167. The topological polar surface area (TPSA) is 60.7 Å². The molecule has 1 aromatic carbocycles. The minimum atomic E-state index is -0.549. The molecule has 0 amide bonds. The normalized spacial score (nSPS) is 10.8. The number of carbonyl (C=O) groups is 1. The summed E-state index contributed by atoms with van der Waals surface area (Å²) in [5.74, 6) is -0.549. The van der Waals surface area contributed by atoms with E-state index in [0.717, 1.165) is 10.5 Å². The molecule has 2 heterocycles. The lowest BCUT2D eigenvalue weighted by Gasteiger charge is -2.08. The van der Waals surface area contributed by atoms with Crippen LogP contribution in [-0.2, 0) is 11.3 Å². The number of ether oxygens (including phenoxy) is 1. The fourth-order valence-electron chi connectivity index (χ4n) is 2.34. The van der Waals surface area contributed by atoms with Gasteiger partial charge in [-0.3, -0.25) is 9.20 Å². The van der Waals surface area contributed by atoms with Gasteiger partial charge in [-0.05, 0) is 43.0 Å². The zero-order valence-corrected chi connectivity index (χ0v) is 15.2. The third kappa shape index (κ3) is 3.86. The van der Waals surface area contributed by atoms with Crippen LogP contribution >= 0.6 is 23.4 Å². The molecule has 3 aromatic rings. The Bertz CT molecular complexity index is 1020. The summed E-state index contributed by atoms with van der Waals surface area (Å²) in [5, 5.41) is 0.324. The molecule has 7 heteroatoms. The number of nitrogens with zero attached hydrogens (tertiary/aromatic N) is 2. The highest BCUT2D eigenvalue weighted by molar-refractivity contribution is 7.98. The predicted molar refractivity (Wildman–Crippen MR) is 98.6 cm³/mol. The Kier molecular flexibility index (Phi) is 5.11. The van der Waals surface area contributed by atoms with E-state index >= 15 is 0 Å². The number of esters is 1. The van der Waals surface area contributed by atoms with Gasteiger partial charge in [0.2, 0.25) is 0 Å². The molecule has 5 nitrogen and oxygen atoms in total. The molecule has 3 rings (SSSR count). The van der Waals surface area contributed by atoms with Crippen molar-refractivity contribution in [2.75, 3.05) is 6.26 Å². The zero-order chi connectivity index (χ0) is 18.0. The van der Waals surface area contributed by atoms with Crippen LogP contribution in [0.15, 0.2) is 52.3 Å². The molecule has 0 spiro atoms. The van der Waals surface area contributed by atoms with E-state index in [9.17, 15) is 9.59 Å². The van der Waals surface area contributed by atoms with E-state index < -0.39 is 5.97 Å². The van der Waals surface area contributed by atoms with Crippen LogP contribution in [-0.4, -0.2) is 21.6 Å². The first-order valence-corrected chi connectivity index (χ1v) is 9.08. The third-order valence-electron chi connectivity index (χ3n) is 3.61. The van der Waals surface area contributed by atoms with Gasteiger partial charge in [-0.2, -0.15) is 0 Å². The van der Waals surface area contributed by atoms with Gasteiger partial charge in [0.25, 0.3) is 5.56 Å². The molecular weight excluding hydrogens is 360 g/mol. The SMILES string of the molecule is CSc1ccc(Cl)c(C(=O)OCc2cc(=O)n3cc(C)ccc3n2)c1. The van der Waals surface area contributed by atoms with Crippen LogP contribution in [0.4, 0.5) is 0 Å². The average Bonchev–Trinajstić information content (AvgIpc) is 2.60. The molecule has 0 unspecified atom stereocenters. The van der Waals surface area contributed by atoms with Crippen molar-refractivity contribution in [3.8, 4) is 0 Å². The van der Waals surface area contributed by atoms with Crippen molar-refractivity contribution in [1.82, 2.24) is 9.38 Å². The van der Waals surface area contributed by atoms with Gasteiger partial charge >= 0.3 is 5.97 Å². The van der Waals surface area contributed by atoms with Crippen LogP contribution < -0.4 is 5.56 Å². The molecule has 0 aliphatic rings. The molecule has 0 bridgehead atoms. The Morgan fingerprint density at radius 2 is 2.08 bits per heavy atom. The van der Waals surface area contributed by atoms with Crippen LogP contribution in [0.3, 0.4) is 0 Å². The molecule has 0 saturated heterocycles. The lowest BCUT2D eigenvalue weighted by atomic mass is 10.2. The van der Waals surface area contributed by atoms with E-state index in [1.165, 1.54) is 22.2 Å². The van der Waals surface area contributed by atoms with Gasteiger partial charge in [-0.15, -0.1) is 11.8 Å². The quantitative estimate of drug-likeness (QED) is 0.514. The minimum absolute atomic E-state index is 0.0989. The summed E-state index contributed by atoms with van der Waals surface area (Å²) in [4.78, 5) is 29.7. The van der Waals surface area contributed by atoms with E-state index in [0.29, 0.717) is 21.9 Å². The number of pyridine rings is 1. The Labute approximate surface area is 153 Å². The lowest BCUT2D eigenvalue weighted by molar-refractivity contribution is 0.0467. The number of halogens is 1. The molecule has 0 radical (unpaired) electrons. The van der Waals surface area contributed by atoms with Gasteiger partial charge in [-0.25, -0.2) is 9.78 Å². The first-order valence-electron chi connectivity index (χ1n) is 7.47. The molecule has 0 fully saturated rings. The van der Waals surface area contributed by atoms with Crippen molar-refractivity contribution in [3.05, 3.63) is 74.8 Å². The monoisotopic (exact) mass is 374 g/mol. The minimum Gasteiger partial charge on any atom is -0.456 e. The standard InChI is InChI=1S/C18H15ClN2O3S/c1-11-3-6-16-20-12(7-17(22)21(16)9-11)10-24-18(23)14-8-13(25-2)4-5-15(14)19/h3-9H,10H2,1-2H3. The zero-order valence-electron chi connectivity index (χ0n) is 13.7. The average molecular weight is 375 g/mol. The molecule has 2 aromatic heterocycles. The van der Waals surface area contributed by atoms with Crippen molar-refractivity contribution < 1.29 is 9.53 Å². The third-order valence-corrected chi connectivity index (χ3v) is 4.66. The second-order valence-corrected chi connectivity index (χ2v) is 6.73. The second-order valence-electron chi connectivity index (χ2n) is 5.44. The van der Waals surface area contributed by atoms with E-state index in [-0.39, 0.29) is 12.2 Å². The van der Waals surface area contributed by atoms with Crippen molar-refractivity contribution in [3.63, 3.8) is 0 Å². The molecule has 0 aliphatic heterocycles. The first kappa shape index (κ1) is 17.5. The van der Waals surface area contributed by atoms with Crippen molar-refractivity contribution in [2.45, 2.75) is 18.4 Å². The van der Waals surface area contributed by atoms with E-state index in [2.05, 4.69) is 4.98 Å². The van der Waals surface area contributed by atoms with Gasteiger partial charge < -0.3 is 4.74 Å². The smallest absolute Gasteiger partial charge is 0.340 e. The van der Waals surface area contributed by atoms with Crippen LogP contribution in [0.5, 0.6) is 0 Å². The number of hydrogen-bond donors (Lipinski definition) is 0. The summed E-state index contributed by atoms with van der Waals surface area (Å²) in [6.45, 7) is 1.80. The highest BCUT2D eigenvalue weighted by Gasteiger charge is 2.14. The number of carbonyl (C=O) groups excluding carboxylic acids is 1. The molecule has 0 saturated carbocycles. The van der Waals surface area contributed by atoms with Crippen molar-refractivity contribution >= 4 is 35.0 Å². The Hall–Kier alpha value is -2.31. The summed E-state index contributed by atoms with van der Waals surface area (Å²) >= 11 is 7.57. The van der Waals surface area contributed by atoms with E-state index in [1.807, 2.05) is 25.3 Å². The number of fused-ring (bicyclic) bond motifs is 1. The maximum atomic E-state index is 12.3.